The smallest absolute Gasteiger partial charge is 0.264 e. The maximum Gasteiger partial charge on any atom is 0.264 e. The third kappa shape index (κ3) is 4.96. The third-order valence-electron chi connectivity index (χ3n) is 5.93. The van der Waals surface area contributed by atoms with Gasteiger partial charge >= 0.3 is 0 Å². The van der Waals surface area contributed by atoms with E-state index in [-0.39, 0.29) is 4.90 Å². The molecule has 0 radical (unpaired) electrons. The Morgan fingerprint density at radius 1 is 1.13 bits per heavy atom. The molecular weight excluding hydrogens is 432 g/mol. The van der Waals surface area contributed by atoms with Crippen molar-refractivity contribution >= 4 is 27.5 Å². The molecule has 1 saturated heterocycles. The van der Waals surface area contributed by atoms with Crippen LogP contribution in [0.2, 0.25) is 0 Å². The van der Waals surface area contributed by atoms with Crippen LogP contribution in [0.1, 0.15) is 26.2 Å². The molecule has 1 atom stereocenters. The first kappa shape index (κ1) is 22.3. The molecule has 2 aliphatic rings. The number of sulfonamides is 1. The summed E-state index contributed by atoms with van der Waals surface area (Å²) < 4.78 is 39.5. The number of thioether (sulfide) groups is 1. The van der Waals surface area contributed by atoms with Crippen molar-refractivity contribution in [1.82, 2.24) is 4.90 Å². The molecule has 2 aromatic rings. The number of anilines is 1. The minimum Gasteiger partial charge on any atom is -0.497 e. The summed E-state index contributed by atoms with van der Waals surface area (Å²) >= 11 is 1.67. The molecule has 0 aromatic heterocycles. The summed E-state index contributed by atoms with van der Waals surface area (Å²) in [6, 6.07) is 13.0. The predicted molar refractivity (Wildman–Crippen MR) is 125 cm³/mol. The van der Waals surface area contributed by atoms with Gasteiger partial charge in [-0.05, 0) is 57.0 Å². The maximum atomic E-state index is 13.4. The number of methoxy groups -OCH3 is 1. The highest BCUT2D eigenvalue weighted by molar-refractivity contribution is 8.00. The van der Waals surface area contributed by atoms with Gasteiger partial charge in [-0.1, -0.05) is 6.07 Å². The van der Waals surface area contributed by atoms with Gasteiger partial charge in [0.25, 0.3) is 10.0 Å². The Hall–Kier alpha value is -1.90. The highest BCUT2D eigenvalue weighted by Gasteiger charge is 2.30. The summed E-state index contributed by atoms with van der Waals surface area (Å²) in [5, 5.41) is 0. The summed E-state index contributed by atoms with van der Waals surface area (Å²) in [6.07, 6.45) is 3.52. The minimum absolute atomic E-state index is 0.232. The predicted octanol–water partition coefficient (Wildman–Crippen LogP) is 4.25. The standard InChI is InChI=1S/C23H30N2O4S2/c1-18-6-4-11-24(18)12-5-14-29-20-9-10-23-22(17-20)25(13-15-30-23)31(26,27)21-8-3-7-19(16-21)28-2/h3,7-10,16-18H,4-6,11-15H2,1-2H3. The number of likely N-dealkylation sites (tertiary alicyclic amines) is 1. The van der Waals surface area contributed by atoms with E-state index in [9.17, 15) is 8.42 Å². The highest BCUT2D eigenvalue weighted by Crippen LogP contribution is 2.40. The lowest BCUT2D eigenvalue weighted by atomic mass is 10.2. The van der Waals surface area contributed by atoms with Crippen LogP contribution in [0, 0.1) is 0 Å². The molecule has 0 aliphatic carbocycles. The Morgan fingerprint density at radius 3 is 2.77 bits per heavy atom. The van der Waals surface area contributed by atoms with Crippen LogP contribution in [0.4, 0.5) is 5.69 Å². The number of hydrogen-bond acceptors (Lipinski definition) is 6. The van der Waals surface area contributed by atoms with Gasteiger partial charge in [0, 0.05) is 41.9 Å². The molecule has 6 nitrogen and oxygen atoms in total. The molecule has 1 unspecified atom stereocenters. The van der Waals surface area contributed by atoms with Crippen molar-refractivity contribution in [1.29, 1.82) is 0 Å². The van der Waals surface area contributed by atoms with E-state index in [2.05, 4.69) is 11.8 Å². The third-order valence-corrected chi connectivity index (χ3v) is 8.78. The largest absolute Gasteiger partial charge is 0.497 e. The molecular formula is C23H30N2O4S2. The topological polar surface area (TPSA) is 59.1 Å². The van der Waals surface area contributed by atoms with E-state index in [0.29, 0.717) is 42.1 Å². The normalized spacial score (nSPS) is 19.3. The van der Waals surface area contributed by atoms with Crippen molar-refractivity contribution < 1.29 is 17.9 Å². The number of ether oxygens (including phenoxy) is 2. The van der Waals surface area contributed by atoms with E-state index in [1.165, 1.54) is 30.8 Å². The van der Waals surface area contributed by atoms with E-state index >= 15 is 0 Å². The molecule has 2 aliphatic heterocycles. The zero-order chi connectivity index (χ0) is 21.8. The van der Waals surface area contributed by atoms with Gasteiger partial charge in [0.15, 0.2) is 0 Å². The Labute approximate surface area is 189 Å². The quantitative estimate of drug-likeness (QED) is 0.547. The van der Waals surface area contributed by atoms with Crippen molar-refractivity contribution in [2.24, 2.45) is 0 Å². The lowest BCUT2D eigenvalue weighted by Crippen LogP contribution is -2.35. The summed E-state index contributed by atoms with van der Waals surface area (Å²) in [5.41, 5.74) is 0.685. The molecule has 31 heavy (non-hydrogen) atoms. The fourth-order valence-electron chi connectivity index (χ4n) is 4.18. The minimum atomic E-state index is -3.69. The van der Waals surface area contributed by atoms with Crippen molar-refractivity contribution in [3.8, 4) is 11.5 Å². The molecule has 0 N–H and O–H groups in total. The van der Waals surface area contributed by atoms with E-state index < -0.39 is 10.0 Å². The van der Waals surface area contributed by atoms with Crippen molar-refractivity contribution in [2.45, 2.75) is 42.0 Å². The van der Waals surface area contributed by atoms with Gasteiger partial charge in [-0.25, -0.2) is 8.42 Å². The van der Waals surface area contributed by atoms with Gasteiger partial charge in [0.2, 0.25) is 0 Å². The fourth-order valence-corrected chi connectivity index (χ4v) is 6.84. The number of fused-ring (bicyclic) bond motifs is 1. The zero-order valence-corrected chi connectivity index (χ0v) is 19.8. The Kier molecular flexibility index (Phi) is 6.99. The van der Waals surface area contributed by atoms with Crippen LogP contribution >= 0.6 is 11.8 Å². The molecule has 0 spiro atoms. The number of benzene rings is 2. The van der Waals surface area contributed by atoms with E-state index in [1.807, 2.05) is 18.2 Å². The van der Waals surface area contributed by atoms with Gasteiger partial charge in [-0.3, -0.25) is 4.31 Å². The lowest BCUT2D eigenvalue weighted by Gasteiger charge is -2.30. The van der Waals surface area contributed by atoms with Crippen molar-refractivity contribution in [3.05, 3.63) is 42.5 Å². The van der Waals surface area contributed by atoms with Gasteiger partial charge in [-0.2, -0.15) is 0 Å². The number of nitrogens with zero attached hydrogens (tertiary/aromatic N) is 2. The summed E-state index contributed by atoms with van der Waals surface area (Å²) in [7, 11) is -2.16. The van der Waals surface area contributed by atoms with Crippen LogP contribution in [0.3, 0.4) is 0 Å². The fraction of sp³-hybridized carbons (Fsp3) is 0.478. The summed E-state index contributed by atoms with van der Waals surface area (Å²) in [6.45, 7) is 5.55. The van der Waals surface area contributed by atoms with Crippen LogP contribution in [-0.4, -0.2) is 58.5 Å². The van der Waals surface area contributed by atoms with Gasteiger partial charge in [0.1, 0.15) is 11.5 Å². The molecule has 8 heteroatoms. The van der Waals surface area contributed by atoms with Gasteiger partial charge < -0.3 is 14.4 Å². The lowest BCUT2D eigenvalue weighted by molar-refractivity contribution is 0.230. The summed E-state index contributed by atoms with van der Waals surface area (Å²) in [4.78, 5) is 3.70. The van der Waals surface area contributed by atoms with Crippen LogP contribution in [0.25, 0.3) is 0 Å². The Bertz CT molecular complexity index is 1010. The second-order valence-electron chi connectivity index (χ2n) is 7.96. The summed E-state index contributed by atoms with van der Waals surface area (Å²) in [5.74, 6) is 1.95. The van der Waals surface area contributed by atoms with Crippen LogP contribution < -0.4 is 13.8 Å². The van der Waals surface area contributed by atoms with Crippen molar-refractivity contribution in [2.75, 3.05) is 43.4 Å². The monoisotopic (exact) mass is 462 g/mol. The first-order valence-electron chi connectivity index (χ1n) is 10.8. The average molecular weight is 463 g/mol. The first-order valence-corrected chi connectivity index (χ1v) is 13.2. The molecule has 2 aromatic carbocycles. The van der Waals surface area contributed by atoms with E-state index in [4.69, 9.17) is 9.47 Å². The SMILES string of the molecule is COc1cccc(S(=O)(=O)N2CCSc3ccc(OCCCN4CCCC4C)cc32)c1. The Morgan fingerprint density at radius 2 is 2.00 bits per heavy atom. The highest BCUT2D eigenvalue weighted by atomic mass is 32.2. The number of hydrogen-bond donors (Lipinski definition) is 0. The molecule has 0 bridgehead atoms. The van der Waals surface area contributed by atoms with Crippen LogP contribution in [0.5, 0.6) is 11.5 Å². The second-order valence-corrected chi connectivity index (χ2v) is 11.0. The van der Waals surface area contributed by atoms with E-state index in [1.54, 1.807) is 36.0 Å². The van der Waals surface area contributed by atoms with Gasteiger partial charge in [0.05, 0.1) is 24.3 Å². The zero-order valence-electron chi connectivity index (χ0n) is 18.1. The van der Waals surface area contributed by atoms with Crippen LogP contribution in [0.15, 0.2) is 52.3 Å². The molecule has 4 rings (SSSR count). The van der Waals surface area contributed by atoms with Crippen molar-refractivity contribution in [3.63, 3.8) is 0 Å². The van der Waals surface area contributed by atoms with Crippen LogP contribution in [-0.2, 0) is 10.0 Å². The van der Waals surface area contributed by atoms with Gasteiger partial charge in [-0.15, -0.1) is 11.8 Å². The molecule has 168 valence electrons. The molecule has 0 saturated carbocycles. The molecule has 1 fully saturated rings. The second kappa shape index (κ2) is 9.71. The molecule has 0 amide bonds. The average Bonchev–Trinajstić information content (AvgIpc) is 3.20. The molecule has 2 heterocycles. The Balaban J connectivity index is 1.48. The maximum absolute atomic E-state index is 13.4. The van der Waals surface area contributed by atoms with E-state index in [0.717, 1.165) is 17.9 Å². The first-order chi connectivity index (χ1) is 15.0. The number of rotatable bonds is 8.